The predicted molar refractivity (Wildman–Crippen MR) is 102 cm³/mol. The van der Waals surface area contributed by atoms with Gasteiger partial charge in [-0.05, 0) is 43.3 Å². The van der Waals surface area contributed by atoms with Crippen LogP contribution >= 0.6 is 15.9 Å². The van der Waals surface area contributed by atoms with Crippen molar-refractivity contribution >= 4 is 33.2 Å². The number of nitrogens with one attached hydrogen (secondary N) is 1. The number of rotatable bonds is 4. The van der Waals surface area contributed by atoms with E-state index in [2.05, 4.69) is 26.1 Å². The lowest BCUT2D eigenvalue weighted by Crippen LogP contribution is -2.53. The zero-order valence-corrected chi connectivity index (χ0v) is 15.7. The topological polar surface area (TPSA) is 35.6 Å². The summed E-state index contributed by atoms with van der Waals surface area (Å²) >= 11 is 3.38. The first-order chi connectivity index (χ1) is 12.0. The zero-order chi connectivity index (χ0) is 17.8. The Hall–Kier alpha value is -1.92. The van der Waals surface area contributed by atoms with Crippen molar-refractivity contribution in [2.45, 2.75) is 13.0 Å². The van der Waals surface area contributed by atoms with Crippen molar-refractivity contribution in [1.82, 2.24) is 4.90 Å². The second kappa shape index (κ2) is 7.97. The molecular formula is C19H21BrFN3O. The summed E-state index contributed by atoms with van der Waals surface area (Å²) in [7, 11) is 0. The number of carbonyl (C=O) groups excluding carboxylic acids is 1. The Morgan fingerprint density at radius 3 is 2.36 bits per heavy atom. The highest BCUT2D eigenvalue weighted by molar-refractivity contribution is 9.10. The van der Waals surface area contributed by atoms with Crippen LogP contribution in [-0.4, -0.2) is 43.0 Å². The number of carbonyl (C=O) groups is 1. The summed E-state index contributed by atoms with van der Waals surface area (Å²) in [6.07, 6.45) is 0. The minimum atomic E-state index is -0.230. The van der Waals surface area contributed by atoms with E-state index in [0.29, 0.717) is 18.8 Å². The Morgan fingerprint density at radius 2 is 1.72 bits per heavy atom. The Balaban J connectivity index is 1.56. The van der Waals surface area contributed by atoms with Gasteiger partial charge in [0, 0.05) is 36.3 Å². The molecule has 132 valence electrons. The van der Waals surface area contributed by atoms with Crippen LogP contribution in [-0.2, 0) is 4.79 Å². The summed E-state index contributed by atoms with van der Waals surface area (Å²) in [6.45, 7) is 4.77. The van der Waals surface area contributed by atoms with E-state index in [4.69, 9.17) is 0 Å². The molecule has 1 amide bonds. The van der Waals surface area contributed by atoms with Gasteiger partial charge in [-0.15, -0.1) is 0 Å². The molecule has 0 bridgehead atoms. The largest absolute Gasteiger partial charge is 0.367 e. The molecule has 1 aliphatic rings. The second-order valence-electron chi connectivity index (χ2n) is 6.15. The molecule has 0 aliphatic carbocycles. The number of nitrogens with zero attached hydrogens (tertiary/aromatic N) is 2. The van der Waals surface area contributed by atoms with Crippen LogP contribution in [0.4, 0.5) is 15.8 Å². The standard InChI is InChI=1S/C19H21BrFN3O/c1-14(19(25)22-16-8-6-15(20)7-9-16)23-10-12-24(13-11-23)18-5-3-2-4-17(18)21/h2-9,14H,10-13H2,1H3,(H,22,25). The molecule has 2 aromatic rings. The Morgan fingerprint density at radius 1 is 1.08 bits per heavy atom. The molecule has 2 aromatic carbocycles. The van der Waals surface area contributed by atoms with Gasteiger partial charge in [-0.1, -0.05) is 28.1 Å². The van der Waals surface area contributed by atoms with E-state index in [1.54, 1.807) is 12.1 Å². The van der Waals surface area contributed by atoms with Crippen LogP contribution < -0.4 is 10.2 Å². The SMILES string of the molecule is CC(C(=O)Nc1ccc(Br)cc1)N1CCN(c2ccccc2F)CC1. The van der Waals surface area contributed by atoms with Crippen LogP contribution in [0.5, 0.6) is 0 Å². The lowest BCUT2D eigenvalue weighted by atomic mass is 10.2. The molecule has 1 N–H and O–H groups in total. The monoisotopic (exact) mass is 405 g/mol. The highest BCUT2D eigenvalue weighted by Crippen LogP contribution is 2.21. The van der Waals surface area contributed by atoms with Crippen LogP contribution in [0, 0.1) is 5.82 Å². The third-order valence-electron chi connectivity index (χ3n) is 4.55. The van der Waals surface area contributed by atoms with E-state index in [1.807, 2.05) is 42.2 Å². The number of hydrogen-bond donors (Lipinski definition) is 1. The van der Waals surface area contributed by atoms with Gasteiger partial charge in [0.2, 0.25) is 5.91 Å². The minimum absolute atomic E-state index is 0.0262. The summed E-state index contributed by atoms with van der Waals surface area (Å²) < 4.78 is 14.9. The quantitative estimate of drug-likeness (QED) is 0.841. The number of benzene rings is 2. The molecule has 25 heavy (non-hydrogen) atoms. The number of para-hydroxylation sites is 1. The second-order valence-corrected chi connectivity index (χ2v) is 7.06. The molecule has 1 aliphatic heterocycles. The fourth-order valence-corrected chi connectivity index (χ4v) is 3.27. The van der Waals surface area contributed by atoms with Crippen LogP contribution in [0.3, 0.4) is 0 Å². The molecule has 0 radical (unpaired) electrons. The third-order valence-corrected chi connectivity index (χ3v) is 5.07. The molecule has 1 unspecified atom stereocenters. The molecule has 6 heteroatoms. The summed E-state index contributed by atoms with van der Waals surface area (Å²) in [6, 6.07) is 14.1. The van der Waals surface area contributed by atoms with Crippen molar-refractivity contribution in [3.8, 4) is 0 Å². The van der Waals surface area contributed by atoms with Gasteiger partial charge in [0.15, 0.2) is 0 Å². The highest BCUT2D eigenvalue weighted by atomic mass is 79.9. The Bertz CT molecular complexity index is 730. The van der Waals surface area contributed by atoms with Crippen LogP contribution in [0.1, 0.15) is 6.92 Å². The predicted octanol–water partition coefficient (Wildman–Crippen LogP) is 3.74. The third kappa shape index (κ3) is 4.38. The molecule has 0 saturated carbocycles. The van der Waals surface area contributed by atoms with E-state index < -0.39 is 0 Å². The average Bonchev–Trinajstić information content (AvgIpc) is 2.63. The van der Waals surface area contributed by atoms with Crippen LogP contribution in [0.25, 0.3) is 0 Å². The lowest BCUT2D eigenvalue weighted by molar-refractivity contribution is -0.120. The molecule has 4 nitrogen and oxygen atoms in total. The Kier molecular flexibility index (Phi) is 5.71. The number of anilines is 2. The van der Waals surface area contributed by atoms with Gasteiger partial charge in [-0.3, -0.25) is 9.69 Å². The molecular weight excluding hydrogens is 385 g/mol. The normalized spacial score (nSPS) is 16.5. The van der Waals surface area contributed by atoms with Crippen molar-refractivity contribution in [3.63, 3.8) is 0 Å². The van der Waals surface area contributed by atoms with Gasteiger partial charge in [0.25, 0.3) is 0 Å². The number of halogens is 2. The van der Waals surface area contributed by atoms with Gasteiger partial charge in [-0.25, -0.2) is 4.39 Å². The van der Waals surface area contributed by atoms with Gasteiger partial charge in [0.1, 0.15) is 5.82 Å². The molecule has 3 rings (SSSR count). The van der Waals surface area contributed by atoms with Crippen LogP contribution in [0.2, 0.25) is 0 Å². The molecule has 1 heterocycles. The average molecular weight is 406 g/mol. The Labute approximate surface area is 155 Å². The van der Waals surface area contributed by atoms with E-state index >= 15 is 0 Å². The fourth-order valence-electron chi connectivity index (χ4n) is 3.00. The van der Waals surface area contributed by atoms with Crippen molar-refractivity contribution in [3.05, 3.63) is 58.8 Å². The van der Waals surface area contributed by atoms with Crippen molar-refractivity contribution in [2.24, 2.45) is 0 Å². The first-order valence-electron chi connectivity index (χ1n) is 8.34. The highest BCUT2D eigenvalue weighted by Gasteiger charge is 2.26. The number of amides is 1. The van der Waals surface area contributed by atoms with Gasteiger partial charge < -0.3 is 10.2 Å². The molecule has 1 fully saturated rings. The molecule has 1 saturated heterocycles. The first kappa shape index (κ1) is 17.9. The summed E-state index contributed by atoms with van der Waals surface area (Å²) in [5, 5.41) is 2.94. The maximum atomic E-state index is 13.9. The van der Waals surface area contributed by atoms with E-state index in [0.717, 1.165) is 23.2 Å². The molecule has 0 aromatic heterocycles. The van der Waals surface area contributed by atoms with E-state index in [1.165, 1.54) is 6.07 Å². The maximum Gasteiger partial charge on any atom is 0.241 e. The van der Waals surface area contributed by atoms with Gasteiger partial charge >= 0.3 is 0 Å². The summed E-state index contributed by atoms with van der Waals surface area (Å²) in [5.41, 5.74) is 1.42. The van der Waals surface area contributed by atoms with Crippen molar-refractivity contribution < 1.29 is 9.18 Å². The molecule has 1 atom stereocenters. The fraction of sp³-hybridized carbons (Fsp3) is 0.316. The van der Waals surface area contributed by atoms with E-state index in [9.17, 15) is 9.18 Å². The van der Waals surface area contributed by atoms with E-state index in [-0.39, 0.29) is 17.8 Å². The van der Waals surface area contributed by atoms with Gasteiger partial charge in [0.05, 0.1) is 11.7 Å². The maximum absolute atomic E-state index is 13.9. The number of piperazine rings is 1. The smallest absolute Gasteiger partial charge is 0.241 e. The van der Waals surface area contributed by atoms with Crippen molar-refractivity contribution in [1.29, 1.82) is 0 Å². The first-order valence-corrected chi connectivity index (χ1v) is 9.14. The summed E-state index contributed by atoms with van der Waals surface area (Å²) in [4.78, 5) is 16.6. The lowest BCUT2D eigenvalue weighted by Gasteiger charge is -2.38. The summed E-state index contributed by atoms with van der Waals surface area (Å²) in [5.74, 6) is -0.223. The zero-order valence-electron chi connectivity index (χ0n) is 14.1. The molecule has 0 spiro atoms. The van der Waals surface area contributed by atoms with Crippen molar-refractivity contribution in [2.75, 3.05) is 36.4 Å². The van der Waals surface area contributed by atoms with Gasteiger partial charge in [-0.2, -0.15) is 0 Å². The minimum Gasteiger partial charge on any atom is -0.367 e. The number of hydrogen-bond acceptors (Lipinski definition) is 3. The van der Waals surface area contributed by atoms with Crippen LogP contribution in [0.15, 0.2) is 53.0 Å².